The predicted molar refractivity (Wildman–Crippen MR) is 123 cm³/mol. The van der Waals surface area contributed by atoms with Crippen LogP contribution < -0.4 is 10.6 Å². The number of fused-ring (bicyclic) bond motifs is 1. The lowest BCUT2D eigenvalue weighted by molar-refractivity contribution is -0.130. The van der Waals surface area contributed by atoms with Crippen molar-refractivity contribution >= 4 is 28.2 Å². The Bertz CT molecular complexity index is 1110. The monoisotopic (exact) mass is 439 g/mol. The van der Waals surface area contributed by atoms with Gasteiger partial charge >= 0.3 is 0 Å². The minimum atomic E-state index is -0.674. The van der Waals surface area contributed by atoms with Crippen LogP contribution in [0.25, 0.3) is 10.8 Å². The fourth-order valence-corrected chi connectivity index (χ4v) is 3.58. The largest absolute Gasteiger partial charge is 0.365 e. The van der Waals surface area contributed by atoms with Crippen LogP contribution in [0.1, 0.15) is 29.3 Å². The van der Waals surface area contributed by atoms with Crippen LogP contribution in [0, 0.1) is 11.6 Å². The third-order valence-corrected chi connectivity index (χ3v) is 5.32. The van der Waals surface area contributed by atoms with Crippen LogP contribution in [0.3, 0.4) is 0 Å². The summed E-state index contributed by atoms with van der Waals surface area (Å²) in [7, 11) is 1.81. The molecule has 0 fully saturated rings. The highest BCUT2D eigenvalue weighted by Crippen LogP contribution is 2.23. The van der Waals surface area contributed by atoms with E-state index in [1.165, 1.54) is 19.1 Å². The number of Topliss-reactive ketones (excluding diaryl/α,β-unsaturated/α-hetero) is 1. The molecular formula is C25H27F2N3O2. The van der Waals surface area contributed by atoms with E-state index in [2.05, 4.69) is 0 Å². The summed E-state index contributed by atoms with van der Waals surface area (Å²) in [5, 5.41) is 1.90. The number of hydrogen-bond acceptors (Lipinski definition) is 4. The van der Waals surface area contributed by atoms with E-state index in [0.29, 0.717) is 30.6 Å². The van der Waals surface area contributed by atoms with Gasteiger partial charge in [-0.15, -0.1) is 0 Å². The van der Waals surface area contributed by atoms with Crippen LogP contribution in [-0.2, 0) is 11.3 Å². The molecule has 3 rings (SSSR count). The molecule has 0 radical (unpaired) electrons. The third-order valence-electron chi connectivity index (χ3n) is 5.32. The van der Waals surface area contributed by atoms with E-state index in [-0.39, 0.29) is 24.8 Å². The smallest absolute Gasteiger partial charge is 0.242 e. The molecule has 3 aromatic rings. The van der Waals surface area contributed by atoms with E-state index in [1.807, 2.05) is 42.3 Å². The number of carbonyl (C=O) groups is 2. The quantitative estimate of drug-likeness (QED) is 0.509. The highest BCUT2D eigenvalue weighted by molar-refractivity contribution is 5.99. The number of nitrogens with zero attached hydrogens (tertiary/aromatic N) is 2. The van der Waals surface area contributed by atoms with E-state index in [4.69, 9.17) is 5.73 Å². The van der Waals surface area contributed by atoms with Crippen LogP contribution in [0.15, 0.2) is 54.6 Å². The van der Waals surface area contributed by atoms with Crippen molar-refractivity contribution in [3.63, 3.8) is 0 Å². The standard InChI is InChI=1S/C25H27F2N3O2/c1-17(31)19-4-5-21-13-24(7-6-20(21)12-19)29(2)16-25(32)30(9-3-8-28)15-18-10-22(26)14-23(27)11-18/h4-7,10-14H,3,8-9,15-16,28H2,1-2H3. The van der Waals surface area contributed by atoms with Crippen molar-refractivity contribution in [1.82, 2.24) is 4.90 Å². The van der Waals surface area contributed by atoms with Crippen LogP contribution in [-0.4, -0.2) is 43.3 Å². The molecule has 0 unspecified atom stereocenters. The van der Waals surface area contributed by atoms with Gasteiger partial charge < -0.3 is 15.5 Å². The van der Waals surface area contributed by atoms with Crippen LogP contribution in [0.2, 0.25) is 0 Å². The van der Waals surface area contributed by atoms with Gasteiger partial charge in [-0.3, -0.25) is 9.59 Å². The Hall–Kier alpha value is -3.32. The maximum atomic E-state index is 13.6. The molecule has 0 aliphatic carbocycles. The van der Waals surface area contributed by atoms with Crippen molar-refractivity contribution in [2.45, 2.75) is 19.9 Å². The Morgan fingerprint density at radius 1 is 0.938 bits per heavy atom. The van der Waals surface area contributed by atoms with Gasteiger partial charge in [0.05, 0.1) is 6.54 Å². The van der Waals surface area contributed by atoms with Gasteiger partial charge in [0.15, 0.2) is 5.78 Å². The van der Waals surface area contributed by atoms with Crippen LogP contribution >= 0.6 is 0 Å². The van der Waals surface area contributed by atoms with E-state index < -0.39 is 11.6 Å². The second-order valence-electron chi connectivity index (χ2n) is 7.89. The Morgan fingerprint density at radius 3 is 2.25 bits per heavy atom. The zero-order valence-corrected chi connectivity index (χ0v) is 18.3. The van der Waals surface area contributed by atoms with E-state index in [9.17, 15) is 18.4 Å². The molecule has 0 saturated carbocycles. The lowest BCUT2D eigenvalue weighted by atomic mass is 10.0. The van der Waals surface area contributed by atoms with Gasteiger partial charge in [0.2, 0.25) is 5.91 Å². The van der Waals surface area contributed by atoms with Crippen molar-refractivity contribution in [2.75, 3.05) is 31.6 Å². The second kappa shape index (κ2) is 10.3. The van der Waals surface area contributed by atoms with Crippen molar-refractivity contribution in [3.8, 4) is 0 Å². The average molecular weight is 440 g/mol. The summed E-state index contributed by atoms with van der Waals surface area (Å²) in [5.74, 6) is -1.51. The number of rotatable bonds is 9. The molecule has 32 heavy (non-hydrogen) atoms. The first-order valence-electron chi connectivity index (χ1n) is 10.5. The molecule has 0 spiro atoms. The lowest BCUT2D eigenvalue weighted by Gasteiger charge is -2.27. The van der Waals surface area contributed by atoms with Crippen molar-refractivity contribution in [1.29, 1.82) is 0 Å². The summed E-state index contributed by atoms with van der Waals surface area (Å²) in [6, 6.07) is 14.6. The number of anilines is 1. The topological polar surface area (TPSA) is 66.6 Å². The van der Waals surface area contributed by atoms with Gasteiger partial charge in [0.1, 0.15) is 11.6 Å². The van der Waals surface area contributed by atoms with Crippen molar-refractivity contribution in [3.05, 3.63) is 77.4 Å². The zero-order chi connectivity index (χ0) is 23.3. The van der Waals surface area contributed by atoms with E-state index in [0.717, 1.165) is 22.5 Å². The molecule has 168 valence electrons. The molecule has 2 N–H and O–H groups in total. The SMILES string of the molecule is CC(=O)c1ccc2cc(N(C)CC(=O)N(CCCN)Cc3cc(F)cc(F)c3)ccc2c1. The number of benzene rings is 3. The number of likely N-dealkylation sites (N-methyl/N-ethyl adjacent to an activating group) is 1. The molecule has 0 aromatic heterocycles. The number of halogens is 2. The first kappa shape index (κ1) is 23.3. The minimum absolute atomic E-state index is 0.00874. The summed E-state index contributed by atoms with van der Waals surface area (Å²) in [6.45, 7) is 2.53. The summed E-state index contributed by atoms with van der Waals surface area (Å²) >= 11 is 0. The Labute approximate surface area is 186 Å². The van der Waals surface area contributed by atoms with Gasteiger partial charge in [-0.2, -0.15) is 0 Å². The normalized spacial score (nSPS) is 10.9. The van der Waals surface area contributed by atoms with Crippen LogP contribution in [0.4, 0.5) is 14.5 Å². The van der Waals surface area contributed by atoms with E-state index in [1.54, 1.807) is 11.0 Å². The van der Waals surface area contributed by atoms with Crippen molar-refractivity contribution in [2.24, 2.45) is 5.73 Å². The molecule has 0 aliphatic rings. The summed E-state index contributed by atoms with van der Waals surface area (Å²) in [5.41, 5.74) is 7.49. The first-order chi connectivity index (χ1) is 15.3. The summed E-state index contributed by atoms with van der Waals surface area (Å²) in [4.78, 5) is 28.0. The Morgan fingerprint density at radius 2 is 1.59 bits per heavy atom. The second-order valence-corrected chi connectivity index (χ2v) is 7.89. The molecule has 0 saturated heterocycles. The molecule has 0 bridgehead atoms. The number of hydrogen-bond donors (Lipinski definition) is 1. The minimum Gasteiger partial charge on any atom is -0.365 e. The Kier molecular flexibility index (Phi) is 7.53. The van der Waals surface area contributed by atoms with Gasteiger partial charge in [0, 0.05) is 37.5 Å². The Balaban J connectivity index is 1.75. The third kappa shape index (κ3) is 5.88. The number of carbonyl (C=O) groups excluding carboxylic acids is 2. The molecule has 0 heterocycles. The van der Waals surface area contributed by atoms with E-state index >= 15 is 0 Å². The fraction of sp³-hybridized carbons (Fsp3) is 0.280. The van der Waals surface area contributed by atoms with Gasteiger partial charge in [-0.05, 0) is 66.6 Å². The molecular weight excluding hydrogens is 412 g/mol. The number of ketones is 1. The number of amides is 1. The highest BCUT2D eigenvalue weighted by atomic mass is 19.1. The molecule has 0 atom stereocenters. The molecule has 1 amide bonds. The zero-order valence-electron chi connectivity index (χ0n) is 18.3. The van der Waals surface area contributed by atoms with Crippen molar-refractivity contribution < 1.29 is 18.4 Å². The summed E-state index contributed by atoms with van der Waals surface area (Å²) in [6.07, 6.45) is 0.585. The maximum Gasteiger partial charge on any atom is 0.242 e. The fourth-order valence-electron chi connectivity index (χ4n) is 3.58. The highest BCUT2D eigenvalue weighted by Gasteiger charge is 2.17. The molecule has 3 aromatic carbocycles. The lowest BCUT2D eigenvalue weighted by Crippen LogP contribution is -2.39. The molecule has 5 nitrogen and oxygen atoms in total. The molecule has 0 aliphatic heterocycles. The predicted octanol–water partition coefficient (Wildman–Crippen LogP) is 4.13. The van der Waals surface area contributed by atoms with Gasteiger partial charge in [-0.1, -0.05) is 18.2 Å². The maximum absolute atomic E-state index is 13.6. The first-order valence-corrected chi connectivity index (χ1v) is 10.5. The summed E-state index contributed by atoms with van der Waals surface area (Å²) < 4.78 is 27.1. The van der Waals surface area contributed by atoms with Gasteiger partial charge in [0.25, 0.3) is 0 Å². The average Bonchev–Trinajstić information content (AvgIpc) is 2.74. The van der Waals surface area contributed by atoms with Gasteiger partial charge in [-0.25, -0.2) is 8.78 Å². The molecule has 7 heteroatoms. The number of nitrogens with two attached hydrogens (primary N) is 1. The van der Waals surface area contributed by atoms with Crippen LogP contribution in [0.5, 0.6) is 0 Å².